The van der Waals surface area contributed by atoms with Crippen molar-refractivity contribution in [3.05, 3.63) is 64.7 Å². The Morgan fingerprint density at radius 1 is 1.00 bits per heavy atom. The van der Waals surface area contributed by atoms with Crippen LogP contribution in [0.25, 0.3) is 0 Å². The summed E-state index contributed by atoms with van der Waals surface area (Å²) in [5, 5.41) is 2.91. The molecular weight excluding hydrogens is 348 g/mol. The van der Waals surface area contributed by atoms with Gasteiger partial charge in [0.1, 0.15) is 0 Å². The fourth-order valence-electron chi connectivity index (χ4n) is 2.73. The van der Waals surface area contributed by atoms with Gasteiger partial charge in [0.2, 0.25) is 15.9 Å². The van der Waals surface area contributed by atoms with Crippen LogP contribution in [0.5, 0.6) is 0 Å². The number of carbonyl (C=O) groups is 1. The maximum Gasteiger partial charge on any atom is 0.240 e. The highest BCUT2D eigenvalue weighted by Crippen LogP contribution is 2.17. The van der Waals surface area contributed by atoms with Crippen molar-refractivity contribution >= 4 is 15.9 Å². The standard InChI is InChI=1S/C20H26N2O3S/c1-14-9-10-18(13-16(14)3)26(24,25)21-12-11-20(23)22-17(4)19-8-6-5-7-15(19)2/h5-10,13,17,21H,11-12H2,1-4H3,(H,22,23). The lowest BCUT2D eigenvalue weighted by Gasteiger charge is -2.16. The average Bonchev–Trinajstić information content (AvgIpc) is 2.57. The molecule has 1 amide bonds. The number of rotatable bonds is 7. The maximum absolute atomic E-state index is 12.3. The second kappa shape index (κ2) is 8.47. The Kier molecular flexibility index (Phi) is 6.56. The maximum atomic E-state index is 12.3. The minimum atomic E-state index is -3.61. The number of nitrogens with one attached hydrogen (secondary N) is 2. The van der Waals surface area contributed by atoms with E-state index in [9.17, 15) is 13.2 Å². The van der Waals surface area contributed by atoms with E-state index < -0.39 is 10.0 Å². The summed E-state index contributed by atoms with van der Waals surface area (Å²) in [6.45, 7) is 7.77. The summed E-state index contributed by atoms with van der Waals surface area (Å²) >= 11 is 0. The number of hydrogen-bond acceptors (Lipinski definition) is 3. The van der Waals surface area contributed by atoms with Crippen molar-refractivity contribution in [2.75, 3.05) is 6.54 Å². The van der Waals surface area contributed by atoms with E-state index in [-0.39, 0.29) is 29.8 Å². The van der Waals surface area contributed by atoms with Crippen LogP contribution in [0, 0.1) is 20.8 Å². The molecular formula is C20H26N2O3S. The molecule has 26 heavy (non-hydrogen) atoms. The zero-order chi connectivity index (χ0) is 19.3. The van der Waals surface area contributed by atoms with Crippen LogP contribution >= 0.6 is 0 Å². The first-order valence-electron chi connectivity index (χ1n) is 8.62. The number of aryl methyl sites for hydroxylation is 3. The molecule has 1 unspecified atom stereocenters. The van der Waals surface area contributed by atoms with Crippen LogP contribution in [-0.2, 0) is 14.8 Å². The first-order valence-corrected chi connectivity index (χ1v) is 10.1. The Labute approximate surface area is 155 Å². The van der Waals surface area contributed by atoms with Crippen molar-refractivity contribution in [2.45, 2.75) is 45.1 Å². The molecule has 5 nitrogen and oxygen atoms in total. The van der Waals surface area contributed by atoms with E-state index in [1.165, 1.54) is 0 Å². The molecule has 0 aliphatic carbocycles. The van der Waals surface area contributed by atoms with Gasteiger partial charge >= 0.3 is 0 Å². The van der Waals surface area contributed by atoms with Crippen LogP contribution in [-0.4, -0.2) is 20.9 Å². The summed E-state index contributed by atoms with van der Waals surface area (Å²) in [6, 6.07) is 12.7. The van der Waals surface area contributed by atoms with Gasteiger partial charge in [-0.25, -0.2) is 13.1 Å². The third-order valence-corrected chi connectivity index (χ3v) is 5.92. The fraction of sp³-hybridized carbons (Fsp3) is 0.350. The topological polar surface area (TPSA) is 75.3 Å². The van der Waals surface area contributed by atoms with E-state index in [0.717, 1.165) is 22.3 Å². The van der Waals surface area contributed by atoms with Gasteiger partial charge < -0.3 is 5.32 Å². The van der Waals surface area contributed by atoms with Gasteiger partial charge in [0.05, 0.1) is 10.9 Å². The predicted molar refractivity (Wildman–Crippen MR) is 103 cm³/mol. The smallest absolute Gasteiger partial charge is 0.240 e. The molecule has 2 rings (SSSR count). The fourth-order valence-corrected chi connectivity index (χ4v) is 3.84. The zero-order valence-corrected chi connectivity index (χ0v) is 16.5. The normalized spacial score (nSPS) is 12.6. The number of benzene rings is 2. The number of hydrogen-bond donors (Lipinski definition) is 2. The predicted octanol–water partition coefficient (Wildman–Crippen LogP) is 3.16. The number of sulfonamides is 1. The molecule has 2 aromatic rings. The summed E-state index contributed by atoms with van der Waals surface area (Å²) in [4.78, 5) is 12.3. The van der Waals surface area contributed by atoms with Gasteiger partial charge in [-0.3, -0.25) is 4.79 Å². The molecule has 6 heteroatoms. The van der Waals surface area contributed by atoms with Crippen LogP contribution in [0.4, 0.5) is 0 Å². The molecule has 1 atom stereocenters. The van der Waals surface area contributed by atoms with Crippen molar-refractivity contribution in [3.8, 4) is 0 Å². The SMILES string of the molecule is Cc1ccc(S(=O)(=O)NCCC(=O)NC(C)c2ccccc2C)cc1C. The first kappa shape index (κ1) is 20.1. The highest BCUT2D eigenvalue weighted by molar-refractivity contribution is 7.89. The lowest BCUT2D eigenvalue weighted by molar-refractivity contribution is -0.121. The molecule has 140 valence electrons. The summed E-state index contributed by atoms with van der Waals surface area (Å²) in [5.74, 6) is -0.191. The van der Waals surface area contributed by atoms with Crippen LogP contribution in [0.3, 0.4) is 0 Å². The number of carbonyl (C=O) groups excluding carboxylic acids is 1. The second-order valence-corrected chi connectivity index (χ2v) is 8.31. The lowest BCUT2D eigenvalue weighted by atomic mass is 10.0. The van der Waals surface area contributed by atoms with Crippen molar-refractivity contribution in [1.82, 2.24) is 10.0 Å². The van der Waals surface area contributed by atoms with Crippen LogP contribution in [0.15, 0.2) is 47.4 Å². The van der Waals surface area contributed by atoms with Gasteiger partial charge in [0.15, 0.2) is 0 Å². The van der Waals surface area contributed by atoms with Gasteiger partial charge in [-0.15, -0.1) is 0 Å². The van der Waals surface area contributed by atoms with Crippen molar-refractivity contribution in [1.29, 1.82) is 0 Å². The van der Waals surface area contributed by atoms with Gasteiger partial charge in [-0.2, -0.15) is 0 Å². The lowest BCUT2D eigenvalue weighted by Crippen LogP contribution is -2.32. The highest BCUT2D eigenvalue weighted by atomic mass is 32.2. The van der Waals surface area contributed by atoms with Crippen LogP contribution in [0.1, 0.15) is 41.6 Å². The Hall–Kier alpha value is -2.18. The monoisotopic (exact) mass is 374 g/mol. The molecule has 0 aromatic heterocycles. The molecule has 0 saturated carbocycles. The minimum absolute atomic E-state index is 0.0571. The molecule has 0 aliphatic heterocycles. The van der Waals surface area contributed by atoms with Gasteiger partial charge in [-0.05, 0) is 62.1 Å². The Morgan fingerprint density at radius 3 is 2.35 bits per heavy atom. The largest absolute Gasteiger partial charge is 0.350 e. The first-order chi connectivity index (χ1) is 12.2. The van der Waals surface area contributed by atoms with Gasteiger partial charge in [-0.1, -0.05) is 30.3 Å². The Bertz CT molecular complexity index is 892. The molecule has 2 aromatic carbocycles. The van der Waals surface area contributed by atoms with E-state index in [4.69, 9.17) is 0 Å². The van der Waals surface area contributed by atoms with Crippen molar-refractivity contribution in [2.24, 2.45) is 0 Å². The quantitative estimate of drug-likeness (QED) is 0.782. The molecule has 0 aliphatic rings. The summed E-state index contributed by atoms with van der Waals surface area (Å²) in [5.41, 5.74) is 4.11. The van der Waals surface area contributed by atoms with Crippen LogP contribution in [0.2, 0.25) is 0 Å². The third kappa shape index (κ3) is 5.16. The van der Waals surface area contributed by atoms with Gasteiger partial charge in [0.25, 0.3) is 0 Å². The van der Waals surface area contributed by atoms with Crippen LogP contribution < -0.4 is 10.0 Å². The molecule has 2 N–H and O–H groups in total. The van der Waals surface area contributed by atoms with E-state index in [2.05, 4.69) is 10.0 Å². The minimum Gasteiger partial charge on any atom is -0.350 e. The second-order valence-electron chi connectivity index (χ2n) is 6.54. The van der Waals surface area contributed by atoms with Crippen molar-refractivity contribution in [3.63, 3.8) is 0 Å². The summed E-state index contributed by atoms with van der Waals surface area (Å²) < 4.78 is 27.1. The average molecular weight is 375 g/mol. The molecule has 0 saturated heterocycles. The molecule has 0 heterocycles. The van der Waals surface area contributed by atoms with E-state index in [0.29, 0.717) is 0 Å². The van der Waals surface area contributed by atoms with Gasteiger partial charge in [0, 0.05) is 13.0 Å². The third-order valence-electron chi connectivity index (χ3n) is 4.47. The summed E-state index contributed by atoms with van der Waals surface area (Å²) in [7, 11) is -3.61. The Morgan fingerprint density at radius 2 is 1.69 bits per heavy atom. The van der Waals surface area contributed by atoms with E-state index in [1.54, 1.807) is 18.2 Å². The highest BCUT2D eigenvalue weighted by Gasteiger charge is 2.16. The molecule has 0 radical (unpaired) electrons. The summed E-state index contributed by atoms with van der Waals surface area (Å²) in [6.07, 6.45) is 0.0836. The molecule has 0 fully saturated rings. The Balaban J connectivity index is 1.89. The molecule has 0 bridgehead atoms. The van der Waals surface area contributed by atoms with Crippen molar-refractivity contribution < 1.29 is 13.2 Å². The zero-order valence-electron chi connectivity index (χ0n) is 15.7. The van der Waals surface area contributed by atoms with E-state index >= 15 is 0 Å². The van der Waals surface area contributed by atoms with E-state index in [1.807, 2.05) is 52.0 Å². The number of amides is 1. The molecule has 0 spiro atoms.